The van der Waals surface area contributed by atoms with Crippen LogP contribution in [0.3, 0.4) is 0 Å². The Morgan fingerprint density at radius 2 is 0.667 bits per heavy atom. The summed E-state index contributed by atoms with van der Waals surface area (Å²) in [5.74, 6) is 0.567. The number of aliphatic hydroxyl groups excluding tert-OH is 3. The van der Waals surface area contributed by atoms with E-state index in [2.05, 4.69) is 15.0 Å². The van der Waals surface area contributed by atoms with Crippen molar-refractivity contribution in [3.8, 4) is 0 Å². The van der Waals surface area contributed by atoms with Gasteiger partial charge in [0, 0.05) is 0 Å². The monoisotopic (exact) mass is 435 g/mol. The Morgan fingerprint density at radius 3 is 0.879 bits per heavy atom. The lowest BCUT2D eigenvalue weighted by molar-refractivity contribution is 0.475. The van der Waals surface area contributed by atoms with E-state index < -0.39 is 0 Å². The van der Waals surface area contributed by atoms with Gasteiger partial charge >= 0.3 is 0 Å². The van der Waals surface area contributed by atoms with Gasteiger partial charge in [-0.2, -0.15) is 0 Å². The molecule has 1 aromatic heterocycles. The van der Waals surface area contributed by atoms with Gasteiger partial charge < -0.3 is 15.3 Å². The minimum absolute atomic E-state index is 0.189. The van der Waals surface area contributed by atoms with Crippen LogP contribution in [0.15, 0.2) is 110 Å². The minimum atomic E-state index is 0.189. The molecule has 0 atom stereocenters. The van der Waals surface area contributed by atoms with E-state index in [1.165, 1.54) is 0 Å². The number of hydrogen-bond acceptors (Lipinski definition) is 6. The maximum Gasteiger partial charge on any atom is 0.167 e. The van der Waals surface area contributed by atoms with Crippen LogP contribution in [0.2, 0.25) is 0 Å². The summed E-state index contributed by atoms with van der Waals surface area (Å²) in [7, 11) is 0. The highest BCUT2D eigenvalue weighted by Gasteiger charge is 2.19. The average Bonchev–Trinajstić information content (AvgIpc) is 2.87. The third kappa shape index (κ3) is 4.65. The van der Waals surface area contributed by atoms with Crippen molar-refractivity contribution < 1.29 is 15.3 Å². The normalized spacial score (nSPS) is 12.5. The van der Waals surface area contributed by atoms with Crippen molar-refractivity contribution in [2.24, 2.45) is 0 Å². The number of nitrogens with zero attached hydrogens (tertiary/aromatic N) is 3. The van der Waals surface area contributed by atoms with Gasteiger partial charge in [-0.15, -0.1) is 0 Å². The predicted octanol–water partition coefficient (Wildman–Crippen LogP) is 5.71. The van der Waals surface area contributed by atoms with Crippen LogP contribution in [0.25, 0.3) is 16.7 Å². The standard InChI is InChI=1S/C27H21N3O3/c31-16-22(19-10-4-1-5-11-19)25-28-26(23(17-32)20-12-6-2-7-13-20)30-27(29-25)24(18-33)21-14-8-3-9-15-21/h1-18,31-33H/b22-16-,23-17-,24-18-. The van der Waals surface area contributed by atoms with Crippen molar-refractivity contribution in [2.75, 3.05) is 0 Å². The molecule has 0 radical (unpaired) electrons. The summed E-state index contributed by atoms with van der Waals surface area (Å²) in [6.07, 6.45) is 2.82. The van der Waals surface area contributed by atoms with E-state index in [9.17, 15) is 15.3 Å². The van der Waals surface area contributed by atoms with Crippen molar-refractivity contribution in [1.82, 2.24) is 15.0 Å². The summed E-state index contributed by atoms with van der Waals surface area (Å²) in [4.78, 5) is 13.7. The molecule has 4 rings (SSSR count). The number of benzene rings is 3. The van der Waals surface area contributed by atoms with Gasteiger partial charge in [0.05, 0.1) is 35.5 Å². The largest absolute Gasteiger partial charge is 0.515 e. The topological polar surface area (TPSA) is 99.4 Å². The molecule has 4 aromatic rings. The predicted molar refractivity (Wildman–Crippen MR) is 128 cm³/mol. The zero-order chi connectivity index (χ0) is 23.0. The van der Waals surface area contributed by atoms with Gasteiger partial charge in [0.2, 0.25) is 0 Å². The molecule has 0 amide bonds. The Hall–Kier alpha value is -4.71. The highest BCUT2D eigenvalue weighted by atomic mass is 16.2. The molecule has 0 saturated carbocycles. The zero-order valence-corrected chi connectivity index (χ0v) is 17.6. The molecule has 0 unspecified atom stereocenters. The van der Waals surface area contributed by atoms with Gasteiger partial charge in [0.15, 0.2) is 17.5 Å². The Morgan fingerprint density at radius 1 is 0.424 bits per heavy atom. The van der Waals surface area contributed by atoms with Crippen LogP contribution in [0.4, 0.5) is 0 Å². The molecular weight excluding hydrogens is 414 g/mol. The third-order valence-corrected chi connectivity index (χ3v) is 5.00. The molecule has 1 heterocycles. The molecular formula is C27H21N3O3. The first kappa shape index (κ1) is 21.5. The van der Waals surface area contributed by atoms with E-state index in [1.807, 2.05) is 91.0 Å². The average molecular weight is 435 g/mol. The van der Waals surface area contributed by atoms with Crippen LogP contribution in [-0.2, 0) is 0 Å². The molecule has 0 fully saturated rings. The first-order chi connectivity index (χ1) is 16.2. The Labute approximate surface area is 191 Å². The summed E-state index contributed by atoms with van der Waals surface area (Å²) >= 11 is 0. The van der Waals surface area contributed by atoms with E-state index >= 15 is 0 Å². The van der Waals surface area contributed by atoms with Crippen molar-refractivity contribution in [3.63, 3.8) is 0 Å². The summed E-state index contributed by atoms with van der Waals surface area (Å²) < 4.78 is 0. The molecule has 33 heavy (non-hydrogen) atoms. The zero-order valence-electron chi connectivity index (χ0n) is 17.6. The van der Waals surface area contributed by atoms with Crippen LogP contribution in [0, 0.1) is 0 Å². The fourth-order valence-electron chi connectivity index (χ4n) is 3.37. The fourth-order valence-corrected chi connectivity index (χ4v) is 3.37. The lowest BCUT2D eigenvalue weighted by Gasteiger charge is -2.13. The highest BCUT2D eigenvalue weighted by molar-refractivity contribution is 5.81. The number of aliphatic hydroxyl groups is 3. The lowest BCUT2D eigenvalue weighted by atomic mass is 10.0. The lowest BCUT2D eigenvalue weighted by Crippen LogP contribution is -2.09. The molecule has 0 bridgehead atoms. The van der Waals surface area contributed by atoms with Gasteiger partial charge in [0.25, 0.3) is 0 Å². The second-order valence-electron chi connectivity index (χ2n) is 7.03. The summed E-state index contributed by atoms with van der Waals surface area (Å²) in [5.41, 5.74) is 3.22. The van der Waals surface area contributed by atoms with Crippen molar-refractivity contribution in [1.29, 1.82) is 0 Å². The Balaban J connectivity index is 1.94. The van der Waals surface area contributed by atoms with Crippen molar-refractivity contribution in [2.45, 2.75) is 0 Å². The van der Waals surface area contributed by atoms with E-state index in [0.717, 1.165) is 18.8 Å². The van der Waals surface area contributed by atoms with Gasteiger partial charge in [-0.05, 0) is 16.7 Å². The van der Waals surface area contributed by atoms with Crippen LogP contribution in [0.5, 0.6) is 0 Å². The van der Waals surface area contributed by atoms with Crippen molar-refractivity contribution in [3.05, 3.63) is 144 Å². The van der Waals surface area contributed by atoms with Crippen LogP contribution >= 0.6 is 0 Å². The Bertz CT molecular complexity index is 1140. The maximum absolute atomic E-state index is 10.0. The summed E-state index contributed by atoms with van der Waals surface area (Å²) in [6, 6.07) is 27.6. The fraction of sp³-hybridized carbons (Fsp3) is 0. The van der Waals surface area contributed by atoms with Gasteiger partial charge in [-0.25, -0.2) is 15.0 Å². The summed E-state index contributed by atoms with van der Waals surface area (Å²) in [6.45, 7) is 0. The molecule has 3 aromatic carbocycles. The van der Waals surface area contributed by atoms with Gasteiger partial charge in [-0.1, -0.05) is 91.0 Å². The number of aromatic nitrogens is 3. The van der Waals surface area contributed by atoms with Crippen molar-refractivity contribution >= 4 is 16.7 Å². The molecule has 0 spiro atoms. The van der Waals surface area contributed by atoms with E-state index in [0.29, 0.717) is 33.4 Å². The van der Waals surface area contributed by atoms with Crippen LogP contribution < -0.4 is 0 Å². The van der Waals surface area contributed by atoms with Gasteiger partial charge in [-0.3, -0.25) is 0 Å². The van der Waals surface area contributed by atoms with Gasteiger partial charge in [0.1, 0.15) is 0 Å². The molecule has 6 heteroatoms. The van der Waals surface area contributed by atoms with E-state index in [-0.39, 0.29) is 17.5 Å². The smallest absolute Gasteiger partial charge is 0.167 e. The second kappa shape index (κ2) is 10.1. The SMILES string of the molecule is O/C=C(/c1ccccc1)c1nc(/C(=C\O)c2ccccc2)nc(/C(=C\O)c2ccccc2)n1. The first-order valence-corrected chi connectivity index (χ1v) is 10.2. The Kier molecular flexibility index (Phi) is 6.56. The van der Waals surface area contributed by atoms with E-state index in [4.69, 9.17) is 0 Å². The molecule has 0 aliphatic rings. The molecule has 162 valence electrons. The minimum Gasteiger partial charge on any atom is -0.515 e. The molecule has 6 nitrogen and oxygen atoms in total. The van der Waals surface area contributed by atoms with E-state index in [1.54, 1.807) is 0 Å². The molecule has 3 N–H and O–H groups in total. The number of rotatable bonds is 6. The first-order valence-electron chi connectivity index (χ1n) is 10.2. The maximum atomic E-state index is 10.0. The summed E-state index contributed by atoms with van der Waals surface area (Å²) in [5, 5.41) is 30.1. The third-order valence-electron chi connectivity index (χ3n) is 5.00. The molecule has 0 aliphatic carbocycles. The van der Waals surface area contributed by atoms with Crippen LogP contribution in [-0.4, -0.2) is 30.3 Å². The highest BCUT2D eigenvalue weighted by Crippen LogP contribution is 2.27. The van der Waals surface area contributed by atoms with Crippen LogP contribution in [0.1, 0.15) is 34.2 Å². The quantitative estimate of drug-likeness (QED) is 0.335. The molecule has 0 aliphatic heterocycles. The molecule has 0 saturated heterocycles. The second-order valence-corrected chi connectivity index (χ2v) is 7.03. The number of hydrogen-bond donors (Lipinski definition) is 3.